The SMILES string of the molecule is CCn1cncc1Cn1ncn(C)c1=O. The van der Waals surface area contributed by atoms with Crippen molar-refractivity contribution < 1.29 is 0 Å². The number of rotatable bonds is 3. The lowest BCUT2D eigenvalue weighted by atomic mass is 10.4. The van der Waals surface area contributed by atoms with Crippen LogP contribution in [0.1, 0.15) is 12.6 Å². The second-order valence-electron chi connectivity index (χ2n) is 3.35. The highest BCUT2D eigenvalue weighted by Gasteiger charge is 2.05. The standard InChI is InChI=1S/C9H13N5O/c1-3-13-6-10-4-8(13)5-14-9(15)12(2)7-11-14/h4,6-7H,3,5H2,1-2H3. The van der Waals surface area contributed by atoms with E-state index in [9.17, 15) is 4.79 Å². The number of aryl methyl sites for hydroxylation is 2. The highest BCUT2D eigenvalue weighted by Crippen LogP contribution is 1.99. The van der Waals surface area contributed by atoms with Crippen LogP contribution in [0, 0.1) is 0 Å². The average molecular weight is 207 g/mol. The Labute approximate surface area is 86.8 Å². The van der Waals surface area contributed by atoms with E-state index in [0.29, 0.717) is 6.54 Å². The molecule has 0 saturated heterocycles. The molecule has 0 aromatic carbocycles. The second kappa shape index (κ2) is 3.72. The van der Waals surface area contributed by atoms with Gasteiger partial charge in [0.1, 0.15) is 6.33 Å². The topological polar surface area (TPSA) is 57.6 Å². The summed E-state index contributed by atoms with van der Waals surface area (Å²) in [6.45, 7) is 3.34. The van der Waals surface area contributed by atoms with E-state index < -0.39 is 0 Å². The van der Waals surface area contributed by atoms with Gasteiger partial charge in [-0.1, -0.05) is 0 Å². The van der Waals surface area contributed by atoms with E-state index >= 15 is 0 Å². The molecule has 0 unspecified atom stereocenters. The van der Waals surface area contributed by atoms with Crippen molar-refractivity contribution in [1.29, 1.82) is 0 Å². The Morgan fingerprint density at radius 2 is 2.20 bits per heavy atom. The molecule has 0 N–H and O–H groups in total. The highest BCUT2D eigenvalue weighted by molar-refractivity contribution is 4.98. The molecule has 0 radical (unpaired) electrons. The van der Waals surface area contributed by atoms with E-state index in [1.54, 1.807) is 19.6 Å². The Balaban J connectivity index is 2.29. The lowest BCUT2D eigenvalue weighted by molar-refractivity contribution is 0.599. The number of hydrogen-bond donors (Lipinski definition) is 0. The summed E-state index contributed by atoms with van der Waals surface area (Å²) in [5.41, 5.74) is 0.872. The van der Waals surface area contributed by atoms with Gasteiger partial charge in [-0.25, -0.2) is 14.5 Å². The summed E-state index contributed by atoms with van der Waals surface area (Å²) in [5.74, 6) is 0. The Kier molecular flexibility index (Phi) is 2.40. The fourth-order valence-electron chi connectivity index (χ4n) is 1.45. The summed E-state index contributed by atoms with van der Waals surface area (Å²) in [4.78, 5) is 15.6. The lowest BCUT2D eigenvalue weighted by Crippen LogP contribution is -2.24. The van der Waals surface area contributed by atoms with Gasteiger partial charge in [0.2, 0.25) is 0 Å². The van der Waals surface area contributed by atoms with Crippen LogP contribution in [0.4, 0.5) is 0 Å². The molecule has 0 fully saturated rings. The maximum atomic E-state index is 11.5. The zero-order chi connectivity index (χ0) is 10.8. The summed E-state index contributed by atoms with van der Waals surface area (Å²) in [5, 5.41) is 3.99. The summed E-state index contributed by atoms with van der Waals surface area (Å²) in [7, 11) is 1.68. The Hall–Kier alpha value is -1.85. The summed E-state index contributed by atoms with van der Waals surface area (Å²) >= 11 is 0. The molecule has 2 aromatic heterocycles. The molecule has 6 heteroatoms. The molecule has 0 spiro atoms. The number of nitrogens with zero attached hydrogens (tertiary/aromatic N) is 5. The monoisotopic (exact) mass is 207 g/mol. The van der Waals surface area contributed by atoms with E-state index in [-0.39, 0.29) is 5.69 Å². The minimum atomic E-state index is -0.112. The molecule has 0 amide bonds. The van der Waals surface area contributed by atoms with Gasteiger partial charge in [0.25, 0.3) is 0 Å². The second-order valence-corrected chi connectivity index (χ2v) is 3.35. The molecule has 15 heavy (non-hydrogen) atoms. The molecule has 2 aromatic rings. The van der Waals surface area contributed by atoms with Gasteiger partial charge >= 0.3 is 5.69 Å². The molecule has 0 bridgehead atoms. The molecular weight excluding hydrogens is 194 g/mol. The zero-order valence-corrected chi connectivity index (χ0v) is 8.79. The van der Waals surface area contributed by atoms with Gasteiger partial charge in [0.15, 0.2) is 0 Å². The maximum Gasteiger partial charge on any atom is 0.345 e. The summed E-state index contributed by atoms with van der Waals surface area (Å²) in [6, 6.07) is 0. The van der Waals surface area contributed by atoms with Crippen LogP contribution in [0.15, 0.2) is 23.6 Å². The van der Waals surface area contributed by atoms with Crippen LogP contribution >= 0.6 is 0 Å². The molecule has 0 aliphatic heterocycles. The first-order valence-electron chi connectivity index (χ1n) is 4.79. The average Bonchev–Trinajstić information content (AvgIpc) is 2.80. The molecule has 2 heterocycles. The van der Waals surface area contributed by atoms with Gasteiger partial charge in [-0.05, 0) is 6.92 Å². The van der Waals surface area contributed by atoms with Gasteiger partial charge in [-0.2, -0.15) is 5.10 Å². The number of hydrogen-bond acceptors (Lipinski definition) is 3. The van der Waals surface area contributed by atoms with Gasteiger partial charge < -0.3 is 4.57 Å². The minimum Gasteiger partial charge on any atom is -0.333 e. The first kappa shape index (κ1) is 9.70. The molecule has 2 rings (SSSR count). The molecule has 6 nitrogen and oxygen atoms in total. The Bertz CT molecular complexity index is 507. The third kappa shape index (κ3) is 1.70. The van der Waals surface area contributed by atoms with Crippen molar-refractivity contribution in [2.75, 3.05) is 0 Å². The Morgan fingerprint density at radius 1 is 1.40 bits per heavy atom. The van der Waals surface area contributed by atoms with Gasteiger partial charge in [-0.15, -0.1) is 0 Å². The van der Waals surface area contributed by atoms with E-state index in [2.05, 4.69) is 10.1 Å². The van der Waals surface area contributed by atoms with Gasteiger partial charge in [0.05, 0.1) is 24.8 Å². The van der Waals surface area contributed by atoms with Crippen LogP contribution < -0.4 is 5.69 Å². The third-order valence-electron chi connectivity index (χ3n) is 2.34. The molecule has 80 valence electrons. The van der Waals surface area contributed by atoms with E-state index in [1.807, 2.05) is 11.5 Å². The summed E-state index contributed by atoms with van der Waals surface area (Å²) < 4.78 is 4.86. The maximum absolute atomic E-state index is 11.5. The smallest absolute Gasteiger partial charge is 0.333 e. The van der Waals surface area contributed by atoms with Crippen molar-refractivity contribution >= 4 is 0 Å². The van der Waals surface area contributed by atoms with Gasteiger partial charge in [-0.3, -0.25) is 4.57 Å². The first-order valence-corrected chi connectivity index (χ1v) is 4.79. The highest BCUT2D eigenvalue weighted by atomic mass is 16.2. The van der Waals surface area contributed by atoms with Crippen molar-refractivity contribution in [2.45, 2.75) is 20.0 Å². The van der Waals surface area contributed by atoms with Gasteiger partial charge in [0, 0.05) is 13.6 Å². The fourth-order valence-corrected chi connectivity index (χ4v) is 1.45. The lowest BCUT2D eigenvalue weighted by Gasteiger charge is -2.03. The zero-order valence-electron chi connectivity index (χ0n) is 8.79. The van der Waals surface area contributed by atoms with Crippen LogP contribution in [0.2, 0.25) is 0 Å². The van der Waals surface area contributed by atoms with E-state index in [0.717, 1.165) is 12.2 Å². The van der Waals surface area contributed by atoms with Crippen molar-refractivity contribution in [3.05, 3.63) is 35.0 Å². The van der Waals surface area contributed by atoms with E-state index in [1.165, 1.54) is 15.6 Å². The minimum absolute atomic E-state index is 0.112. The van der Waals surface area contributed by atoms with Crippen LogP contribution in [0.3, 0.4) is 0 Å². The van der Waals surface area contributed by atoms with E-state index in [4.69, 9.17) is 0 Å². The largest absolute Gasteiger partial charge is 0.345 e. The van der Waals surface area contributed by atoms with Crippen molar-refractivity contribution in [3.8, 4) is 0 Å². The molecule has 0 atom stereocenters. The molecule has 0 saturated carbocycles. The fraction of sp³-hybridized carbons (Fsp3) is 0.444. The van der Waals surface area contributed by atoms with Crippen LogP contribution in [0.25, 0.3) is 0 Å². The molecular formula is C9H13N5O. The Morgan fingerprint density at radius 3 is 2.80 bits per heavy atom. The van der Waals surface area contributed by atoms with Crippen molar-refractivity contribution in [3.63, 3.8) is 0 Å². The van der Waals surface area contributed by atoms with Crippen LogP contribution in [-0.2, 0) is 20.1 Å². The normalized spacial score (nSPS) is 10.8. The predicted octanol–water partition coefficient (Wildman–Crippen LogP) is -0.154. The molecule has 0 aliphatic carbocycles. The van der Waals surface area contributed by atoms with Crippen molar-refractivity contribution in [2.24, 2.45) is 7.05 Å². The third-order valence-corrected chi connectivity index (χ3v) is 2.34. The molecule has 0 aliphatic rings. The summed E-state index contributed by atoms with van der Waals surface area (Å²) in [6.07, 6.45) is 5.02. The van der Waals surface area contributed by atoms with Crippen LogP contribution in [0.5, 0.6) is 0 Å². The first-order chi connectivity index (χ1) is 7.22. The number of aromatic nitrogens is 5. The van der Waals surface area contributed by atoms with Crippen molar-refractivity contribution in [1.82, 2.24) is 23.9 Å². The van der Waals surface area contributed by atoms with Crippen LogP contribution in [-0.4, -0.2) is 23.9 Å². The quantitative estimate of drug-likeness (QED) is 0.703. The predicted molar refractivity (Wildman–Crippen MR) is 54.5 cm³/mol. The number of imidazole rings is 1.